The topological polar surface area (TPSA) is 69.4 Å². The van der Waals surface area contributed by atoms with Crippen LogP contribution in [0.4, 0.5) is 0 Å². The summed E-state index contributed by atoms with van der Waals surface area (Å²) in [6.45, 7) is 4.24. The molecule has 1 fully saturated rings. The Kier molecular flexibility index (Phi) is 3.83. The summed E-state index contributed by atoms with van der Waals surface area (Å²) in [4.78, 5) is 22.4. The van der Waals surface area contributed by atoms with Crippen molar-refractivity contribution in [3.05, 3.63) is 46.0 Å². The van der Waals surface area contributed by atoms with Crippen LogP contribution in [0.1, 0.15) is 25.3 Å². The van der Waals surface area contributed by atoms with Crippen molar-refractivity contribution in [2.75, 3.05) is 6.61 Å². The Balaban J connectivity index is 2.44. The van der Waals surface area contributed by atoms with Gasteiger partial charge in [-0.05, 0) is 11.5 Å². The number of nitrogens with zero attached hydrogens (tertiary/aromatic N) is 1. The van der Waals surface area contributed by atoms with Crippen molar-refractivity contribution in [3.63, 3.8) is 0 Å². The van der Waals surface area contributed by atoms with Gasteiger partial charge < -0.3 is 4.74 Å². The van der Waals surface area contributed by atoms with Crippen molar-refractivity contribution in [1.29, 1.82) is 0 Å². The third-order valence-corrected chi connectivity index (χ3v) is 3.73. The first kappa shape index (κ1) is 13.5. The molecule has 2 rings (SSSR count). The third kappa shape index (κ3) is 2.59. The molecule has 0 radical (unpaired) electrons. The van der Waals surface area contributed by atoms with Crippen LogP contribution in [-0.2, 0) is 9.53 Å². The first-order valence-corrected chi connectivity index (χ1v) is 6.37. The van der Waals surface area contributed by atoms with E-state index in [9.17, 15) is 14.9 Å². The van der Waals surface area contributed by atoms with Crippen LogP contribution >= 0.6 is 0 Å². The number of benzene rings is 1. The average molecular weight is 263 g/mol. The van der Waals surface area contributed by atoms with E-state index in [2.05, 4.69) is 0 Å². The molecule has 1 aromatic carbocycles. The second-order valence-electron chi connectivity index (χ2n) is 5.20. The van der Waals surface area contributed by atoms with Crippen molar-refractivity contribution in [2.45, 2.75) is 25.8 Å². The lowest BCUT2D eigenvalue weighted by atomic mass is 9.74. The number of carbonyl (C=O) groups is 1. The van der Waals surface area contributed by atoms with Crippen LogP contribution in [0, 0.1) is 22.0 Å². The van der Waals surface area contributed by atoms with Crippen molar-refractivity contribution in [1.82, 2.24) is 0 Å². The number of hydrogen-bond acceptors (Lipinski definition) is 4. The summed E-state index contributed by atoms with van der Waals surface area (Å²) in [6.07, 6.45) is 0. The molecule has 5 heteroatoms. The standard InChI is InChI=1S/C14H17NO4/c1-9(2)11-8-19-14(16)13(15(17)18)12(11)10-6-4-3-5-7-10/h3-7,9,11-13H,8H2,1-2H3/t11-,12-,13+/m1/s1. The van der Waals surface area contributed by atoms with E-state index < -0.39 is 22.9 Å². The first-order valence-electron chi connectivity index (χ1n) is 6.37. The van der Waals surface area contributed by atoms with E-state index in [0.29, 0.717) is 0 Å². The molecular formula is C14H17NO4. The Labute approximate surface area is 111 Å². The fraction of sp³-hybridized carbons (Fsp3) is 0.500. The second-order valence-corrected chi connectivity index (χ2v) is 5.20. The van der Waals surface area contributed by atoms with E-state index in [4.69, 9.17) is 4.74 Å². The molecule has 0 aromatic heterocycles. The number of esters is 1. The molecule has 102 valence electrons. The highest BCUT2D eigenvalue weighted by Crippen LogP contribution is 2.38. The van der Waals surface area contributed by atoms with Crippen molar-refractivity contribution in [2.24, 2.45) is 11.8 Å². The molecule has 1 aliphatic rings. The molecule has 0 unspecified atom stereocenters. The van der Waals surface area contributed by atoms with Gasteiger partial charge in [0.05, 0.1) is 12.5 Å². The van der Waals surface area contributed by atoms with E-state index in [0.717, 1.165) is 5.56 Å². The Bertz CT molecular complexity index is 472. The highest BCUT2D eigenvalue weighted by atomic mass is 16.6. The van der Waals surface area contributed by atoms with Gasteiger partial charge in [0.1, 0.15) is 0 Å². The van der Waals surface area contributed by atoms with Gasteiger partial charge in [0, 0.05) is 10.8 Å². The van der Waals surface area contributed by atoms with Crippen LogP contribution in [0.3, 0.4) is 0 Å². The fourth-order valence-corrected chi connectivity index (χ4v) is 2.68. The van der Waals surface area contributed by atoms with Crippen LogP contribution < -0.4 is 0 Å². The maximum absolute atomic E-state index is 11.7. The monoisotopic (exact) mass is 263 g/mol. The third-order valence-electron chi connectivity index (χ3n) is 3.73. The van der Waals surface area contributed by atoms with Gasteiger partial charge in [0.25, 0.3) is 0 Å². The molecule has 1 aliphatic heterocycles. The maximum atomic E-state index is 11.7. The van der Waals surface area contributed by atoms with E-state index in [1.54, 1.807) is 0 Å². The molecule has 0 N–H and O–H groups in total. The summed E-state index contributed by atoms with van der Waals surface area (Å²) in [7, 11) is 0. The zero-order valence-corrected chi connectivity index (χ0v) is 11.0. The van der Waals surface area contributed by atoms with Gasteiger partial charge in [-0.1, -0.05) is 44.2 Å². The zero-order chi connectivity index (χ0) is 14.0. The molecule has 1 saturated heterocycles. The van der Waals surface area contributed by atoms with Gasteiger partial charge in [0.2, 0.25) is 0 Å². The summed E-state index contributed by atoms with van der Waals surface area (Å²) < 4.78 is 5.00. The van der Waals surface area contributed by atoms with Crippen molar-refractivity contribution in [3.8, 4) is 0 Å². The molecule has 3 atom stereocenters. The molecule has 0 aliphatic carbocycles. The number of nitro groups is 1. The lowest BCUT2D eigenvalue weighted by Crippen LogP contribution is -2.47. The quantitative estimate of drug-likeness (QED) is 0.476. The molecule has 1 aromatic rings. The molecule has 1 heterocycles. The number of cyclic esters (lactones) is 1. The average Bonchev–Trinajstić information content (AvgIpc) is 2.38. The van der Waals surface area contributed by atoms with Gasteiger partial charge in [-0.15, -0.1) is 0 Å². The summed E-state index contributed by atoms with van der Waals surface area (Å²) in [5.41, 5.74) is 0.833. The van der Waals surface area contributed by atoms with Gasteiger partial charge in [-0.3, -0.25) is 10.1 Å². The summed E-state index contributed by atoms with van der Waals surface area (Å²) in [5.74, 6) is -0.968. The van der Waals surface area contributed by atoms with Crippen molar-refractivity contribution < 1.29 is 14.5 Å². The Morgan fingerprint density at radius 1 is 1.32 bits per heavy atom. The predicted molar refractivity (Wildman–Crippen MR) is 69.3 cm³/mol. The molecule has 0 amide bonds. The van der Waals surface area contributed by atoms with Crippen LogP contribution in [0.2, 0.25) is 0 Å². The normalized spacial score (nSPS) is 27.1. The van der Waals surface area contributed by atoms with Crippen LogP contribution in [0.25, 0.3) is 0 Å². The number of rotatable bonds is 3. The van der Waals surface area contributed by atoms with E-state index in [1.807, 2.05) is 44.2 Å². The highest BCUT2D eigenvalue weighted by molar-refractivity contribution is 5.76. The zero-order valence-electron chi connectivity index (χ0n) is 11.0. The molecule has 5 nitrogen and oxygen atoms in total. The molecule has 0 spiro atoms. The number of hydrogen-bond donors (Lipinski definition) is 0. The summed E-state index contributed by atoms with van der Waals surface area (Å²) in [6, 6.07) is 7.91. The minimum absolute atomic E-state index is 0.0319. The van der Waals surface area contributed by atoms with Gasteiger partial charge in [0.15, 0.2) is 0 Å². The summed E-state index contributed by atoms with van der Waals surface area (Å²) >= 11 is 0. The van der Waals surface area contributed by atoms with E-state index in [-0.39, 0.29) is 18.4 Å². The molecule has 19 heavy (non-hydrogen) atoms. The lowest BCUT2D eigenvalue weighted by molar-refractivity contribution is -0.519. The molecule has 0 saturated carbocycles. The van der Waals surface area contributed by atoms with Gasteiger partial charge >= 0.3 is 12.0 Å². The smallest absolute Gasteiger partial charge is 0.382 e. The Morgan fingerprint density at radius 2 is 1.95 bits per heavy atom. The van der Waals surface area contributed by atoms with E-state index >= 15 is 0 Å². The largest absolute Gasteiger partial charge is 0.460 e. The lowest BCUT2D eigenvalue weighted by Gasteiger charge is -2.34. The molecular weight excluding hydrogens is 246 g/mol. The minimum Gasteiger partial charge on any atom is -0.460 e. The van der Waals surface area contributed by atoms with Gasteiger partial charge in [-0.25, -0.2) is 4.79 Å². The minimum atomic E-state index is -1.30. The number of ether oxygens (including phenoxy) is 1. The highest BCUT2D eigenvalue weighted by Gasteiger charge is 2.49. The maximum Gasteiger partial charge on any atom is 0.382 e. The summed E-state index contributed by atoms with van der Waals surface area (Å²) in [5, 5.41) is 11.2. The van der Waals surface area contributed by atoms with Gasteiger partial charge in [-0.2, -0.15) is 0 Å². The predicted octanol–water partition coefficient (Wildman–Crippen LogP) is 2.24. The number of carbonyl (C=O) groups excluding carboxylic acids is 1. The van der Waals surface area contributed by atoms with E-state index in [1.165, 1.54) is 0 Å². The Morgan fingerprint density at radius 3 is 2.47 bits per heavy atom. The Hall–Kier alpha value is -1.91. The SMILES string of the molecule is CC(C)[C@H]1COC(=O)[C@@H]([N+](=O)[O-])[C@@H]1c1ccccc1. The van der Waals surface area contributed by atoms with Crippen molar-refractivity contribution >= 4 is 5.97 Å². The van der Waals surface area contributed by atoms with Crippen LogP contribution in [0.5, 0.6) is 0 Å². The fourth-order valence-electron chi connectivity index (χ4n) is 2.68. The van der Waals surface area contributed by atoms with Crippen LogP contribution in [-0.4, -0.2) is 23.5 Å². The molecule has 0 bridgehead atoms. The van der Waals surface area contributed by atoms with Crippen LogP contribution in [0.15, 0.2) is 30.3 Å². The first-order chi connectivity index (χ1) is 9.02. The second kappa shape index (κ2) is 5.38.